The molecule has 2 aromatic carbocycles. The Labute approximate surface area is 122 Å². The highest BCUT2D eigenvalue weighted by Gasteiger charge is 2.23. The molecule has 3 rings (SSSR count). The third kappa shape index (κ3) is 2.23. The molecule has 4 nitrogen and oxygen atoms in total. The van der Waals surface area contributed by atoms with E-state index in [-0.39, 0.29) is 17.2 Å². The molecule has 5 N–H and O–H groups in total. The van der Waals surface area contributed by atoms with Gasteiger partial charge >= 0.3 is 0 Å². The summed E-state index contributed by atoms with van der Waals surface area (Å²) in [6.07, 6.45) is 1.34. The van der Waals surface area contributed by atoms with Crippen LogP contribution in [0, 0.1) is 0 Å². The van der Waals surface area contributed by atoms with Crippen molar-refractivity contribution in [1.29, 1.82) is 0 Å². The molecule has 0 spiro atoms. The molecule has 0 bridgehead atoms. The standard InChI is InChI=1S/C17H17NO3/c18-9-15-12(10-2-1-3-11(19)8-10)4-5-14-13(15)6-7-16(20)17(14)21/h1-3,6-8,19-21H,4-5,9,18H2. The maximum absolute atomic E-state index is 10.0. The summed E-state index contributed by atoms with van der Waals surface area (Å²) in [6, 6.07) is 10.4. The maximum atomic E-state index is 10.0. The quantitative estimate of drug-likeness (QED) is 0.638. The Bertz CT molecular complexity index is 735. The molecule has 0 aliphatic heterocycles. The average Bonchev–Trinajstić information content (AvgIpc) is 2.50. The van der Waals surface area contributed by atoms with Gasteiger partial charge in [0.05, 0.1) is 0 Å². The molecular weight excluding hydrogens is 266 g/mol. The number of allylic oxidation sites excluding steroid dienone is 1. The summed E-state index contributed by atoms with van der Waals surface area (Å²) in [5.74, 6) is 0.0510. The minimum atomic E-state index is -0.106. The number of phenolic OH excluding ortho intramolecular Hbond substituents is 3. The van der Waals surface area contributed by atoms with Gasteiger partial charge in [0, 0.05) is 12.1 Å². The molecule has 0 unspecified atom stereocenters. The number of nitrogens with two attached hydrogens (primary N) is 1. The van der Waals surface area contributed by atoms with Crippen molar-refractivity contribution in [1.82, 2.24) is 0 Å². The molecule has 108 valence electrons. The molecule has 0 radical (unpaired) electrons. The molecule has 0 heterocycles. The zero-order chi connectivity index (χ0) is 15.0. The molecular formula is C17H17NO3. The van der Waals surface area contributed by atoms with Gasteiger partial charge in [-0.1, -0.05) is 18.2 Å². The van der Waals surface area contributed by atoms with E-state index in [0.717, 1.165) is 27.8 Å². The Balaban J connectivity index is 2.20. The first-order valence-electron chi connectivity index (χ1n) is 6.87. The van der Waals surface area contributed by atoms with Gasteiger partial charge in [-0.3, -0.25) is 0 Å². The molecule has 2 aromatic rings. The second-order valence-corrected chi connectivity index (χ2v) is 5.17. The number of phenols is 3. The van der Waals surface area contributed by atoms with Crippen molar-refractivity contribution in [2.45, 2.75) is 12.8 Å². The fourth-order valence-corrected chi connectivity index (χ4v) is 2.97. The Kier molecular flexibility index (Phi) is 3.31. The van der Waals surface area contributed by atoms with Gasteiger partial charge in [-0.25, -0.2) is 0 Å². The van der Waals surface area contributed by atoms with E-state index >= 15 is 0 Å². The number of rotatable bonds is 2. The van der Waals surface area contributed by atoms with Gasteiger partial charge in [0.2, 0.25) is 0 Å². The minimum absolute atomic E-state index is 0.0617. The summed E-state index contributed by atoms with van der Waals surface area (Å²) in [5.41, 5.74) is 10.5. The number of benzene rings is 2. The van der Waals surface area contributed by atoms with Crippen molar-refractivity contribution in [2.75, 3.05) is 6.54 Å². The smallest absolute Gasteiger partial charge is 0.161 e. The predicted octanol–water partition coefficient (Wildman–Crippen LogP) is 2.62. The van der Waals surface area contributed by atoms with Gasteiger partial charge < -0.3 is 21.1 Å². The maximum Gasteiger partial charge on any atom is 0.161 e. The van der Waals surface area contributed by atoms with Gasteiger partial charge in [0.1, 0.15) is 5.75 Å². The van der Waals surface area contributed by atoms with Crippen molar-refractivity contribution < 1.29 is 15.3 Å². The fourth-order valence-electron chi connectivity index (χ4n) is 2.97. The number of aromatic hydroxyl groups is 3. The van der Waals surface area contributed by atoms with E-state index in [1.807, 2.05) is 6.07 Å². The first-order chi connectivity index (χ1) is 10.1. The summed E-state index contributed by atoms with van der Waals surface area (Å²) >= 11 is 0. The SMILES string of the molecule is NCC1=C(c2cccc(O)c2)CCc2c1ccc(O)c2O. The van der Waals surface area contributed by atoms with E-state index in [4.69, 9.17) is 5.73 Å². The largest absolute Gasteiger partial charge is 0.508 e. The Morgan fingerprint density at radius 3 is 2.52 bits per heavy atom. The second-order valence-electron chi connectivity index (χ2n) is 5.17. The molecule has 21 heavy (non-hydrogen) atoms. The van der Waals surface area contributed by atoms with Gasteiger partial charge in [-0.15, -0.1) is 0 Å². The number of fused-ring (bicyclic) bond motifs is 1. The van der Waals surface area contributed by atoms with Gasteiger partial charge in [-0.05, 0) is 53.3 Å². The van der Waals surface area contributed by atoms with Crippen molar-refractivity contribution >= 4 is 11.1 Å². The van der Waals surface area contributed by atoms with Crippen LogP contribution in [0.15, 0.2) is 36.4 Å². The van der Waals surface area contributed by atoms with Gasteiger partial charge in [0.15, 0.2) is 11.5 Å². The van der Waals surface area contributed by atoms with Crippen LogP contribution in [0.25, 0.3) is 11.1 Å². The number of hydrogen-bond donors (Lipinski definition) is 4. The predicted molar refractivity (Wildman–Crippen MR) is 82.1 cm³/mol. The molecule has 0 atom stereocenters. The monoisotopic (exact) mass is 283 g/mol. The molecule has 0 saturated heterocycles. The fraction of sp³-hybridized carbons (Fsp3) is 0.176. The van der Waals surface area contributed by atoms with E-state index in [1.54, 1.807) is 24.3 Å². The molecule has 0 aromatic heterocycles. The average molecular weight is 283 g/mol. The highest BCUT2D eigenvalue weighted by atomic mass is 16.3. The Morgan fingerprint density at radius 1 is 1.00 bits per heavy atom. The van der Waals surface area contributed by atoms with Gasteiger partial charge in [-0.2, -0.15) is 0 Å². The highest BCUT2D eigenvalue weighted by molar-refractivity contribution is 5.95. The van der Waals surface area contributed by atoms with E-state index in [0.29, 0.717) is 19.4 Å². The van der Waals surface area contributed by atoms with Gasteiger partial charge in [0.25, 0.3) is 0 Å². The third-order valence-electron chi connectivity index (χ3n) is 3.97. The summed E-state index contributed by atoms with van der Waals surface area (Å²) in [7, 11) is 0. The van der Waals surface area contributed by atoms with E-state index < -0.39 is 0 Å². The molecule has 0 saturated carbocycles. The number of hydrogen-bond acceptors (Lipinski definition) is 4. The summed E-state index contributed by atoms with van der Waals surface area (Å²) in [4.78, 5) is 0. The first-order valence-corrected chi connectivity index (χ1v) is 6.87. The van der Waals surface area contributed by atoms with Crippen LogP contribution in [0.1, 0.15) is 23.1 Å². The second kappa shape index (κ2) is 5.14. The normalized spacial score (nSPS) is 14.1. The van der Waals surface area contributed by atoms with Crippen LogP contribution in [-0.2, 0) is 6.42 Å². The van der Waals surface area contributed by atoms with Crippen LogP contribution < -0.4 is 5.73 Å². The molecule has 1 aliphatic carbocycles. The van der Waals surface area contributed by atoms with E-state index in [1.165, 1.54) is 6.07 Å². The van der Waals surface area contributed by atoms with Crippen molar-refractivity contribution in [3.8, 4) is 17.2 Å². The highest BCUT2D eigenvalue weighted by Crippen LogP contribution is 2.43. The first kappa shape index (κ1) is 13.5. The van der Waals surface area contributed by atoms with E-state index in [9.17, 15) is 15.3 Å². The lowest BCUT2D eigenvalue weighted by atomic mass is 9.82. The topological polar surface area (TPSA) is 86.7 Å². The van der Waals surface area contributed by atoms with Crippen LogP contribution in [0.4, 0.5) is 0 Å². The lowest BCUT2D eigenvalue weighted by molar-refractivity contribution is 0.399. The Hall–Kier alpha value is -2.46. The zero-order valence-electron chi connectivity index (χ0n) is 11.5. The summed E-state index contributed by atoms with van der Waals surface area (Å²) in [5, 5.41) is 29.3. The lowest BCUT2D eigenvalue weighted by Crippen LogP contribution is -2.12. The van der Waals surface area contributed by atoms with Crippen molar-refractivity contribution in [2.24, 2.45) is 5.73 Å². The molecule has 1 aliphatic rings. The van der Waals surface area contributed by atoms with Crippen molar-refractivity contribution in [3.05, 3.63) is 53.1 Å². The van der Waals surface area contributed by atoms with Crippen LogP contribution >= 0.6 is 0 Å². The minimum Gasteiger partial charge on any atom is -0.508 e. The van der Waals surface area contributed by atoms with Crippen LogP contribution in [0.5, 0.6) is 17.2 Å². The Morgan fingerprint density at radius 2 is 1.81 bits per heavy atom. The van der Waals surface area contributed by atoms with Crippen LogP contribution in [0.2, 0.25) is 0 Å². The molecule has 0 fully saturated rings. The van der Waals surface area contributed by atoms with Crippen LogP contribution in [-0.4, -0.2) is 21.9 Å². The summed E-state index contributed by atoms with van der Waals surface area (Å²) in [6.45, 7) is 0.336. The molecule has 4 heteroatoms. The zero-order valence-corrected chi connectivity index (χ0v) is 11.5. The summed E-state index contributed by atoms with van der Waals surface area (Å²) < 4.78 is 0. The third-order valence-corrected chi connectivity index (χ3v) is 3.97. The van der Waals surface area contributed by atoms with E-state index in [2.05, 4.69) is 0 Å². The molecule has 0 amide bonds. The van der Waals surface area contributed by atoms with Crippen molar-refractivity contribution in [3.63, 3.8) is 0 Å². The van der Waals surface area contributed by atoms with Crippen LogP contribution in [0.3, 0.4) is 0 Å². The lowest BCUT2D eigenvalue weighted by Gasteiger charge is -2.24.